The Morgan fingerprint density at radius 1 is 1.13 bits per heavy atom. The van der Waals surface area contributed by atoms with Crippen LogP contribution in [-0.2, 0) is 11.3 Å². The molecular formula is C22H29N3O5. The molecule has 1 aliphatic heterocycles. The Morgan fingerprint density at radius 2 is 1.80 bits per heavy atom. The zero-order valence-electron chi connectivity index (χ0n) is 18.0. The van der Waals surface area contributed by atoms with E-state index in [-0.39, 0.29) is 17.8 Å². The summed E-state index contributed by atoms with van der Waals surface area (Å²) < 4.78 is 17.9. The van der Waals surface area contributed by atoms with Crippen LogP contribution in [-0.4, -0.2) is 52.7 Å². The highest BCUT2D eigenvalue weighted by atomic mass is 16.6. The van der Waals surface area contributed by atoms with Crippen LogP contribution in [0.25, 0.3) is 0 Å². The van der Waals surface area contributed by atoms with Gasteiger partial charge in [-0.3, -0.25) is 4.79 Å². The average Bonchev–Trinajstić information content (AvgIpc) is 2.70. The summed E-state index contributed by atoms with van der Waals surface area (Å²) >= 11 is 0. The zero-order valence-corrected chi connectivity index (χ0v) is 18.0. The van der Waals surface area contributed by atoms with Crippen LogP contribution in [0.2, 0.25) is 0 Å². The smallest absolute Gasteiger partial charge is 0.410 e. The van der Waals surface area contributed by atoms with Crippen molar-refractivity contribution in [3.8, 4) is 11.5 Å². The molecule has 1 amide bonds. The summed E-state index contributed by atoms with van der Waals surface area (Å²) in [6, 6.07) is 8.95. The van der Waals surface area contributed by atoms with Gasteiger partial charge >= 0.3 is 6.09 Å². The van der Waals surface area contributed by atoms with Crippen LogP contribution in [0.5, 0.6) is 11.5 Å². The van der Waals surface area contributed by atoms with Crippen molar-refractivity contribution < 1.29 is 19.0 Å². The summed E-state index contributed by atoms with van der Waals surface area (Å²) in [7, 11) is 1.61. The van der Waals surface area contributed by atoms with Gasteiger partial charge in [0.2, 0.25) is 0 Å². The highest BCUT2D eigenvalue weighted by molar-refractivity contribution is 5.68. The minimum atomic E-state index is -0.508. The Balaban J connectivity index is 1.53. The van der Waals surface area contributed by atoms with Gasteiger partial charge in [-0.2, -0.15) is 5.10 Å². The molecule has 162 valence electrons. The van der Waals surface area contributed by atoms with Crippen molar-refractivity contribution in [2.24, 2.45) is 0 Å². The van der Waals surface area contributed by atoms with Crippen LogP contribution in [0.15, 0.2) is 41.3 Å². The van der Waals surface area contributed by atoms with Crippen molar-refractivity contribution in [2.75, 3.05) is 20.2 Å². The molecule has 8 heteroatoms. The van der Waals surface area contributed by atoms with E-state index >= 15 is 0 Å². The van der Waals surface area contributed by atoms with E-state index < -0.39 is 5.60 Å². The minimum absolute atomic E-state index is 0.0673. The van der Waals surface area contributed by atoms with Gasteiger partial charge in [-0.25, -0.2) is 9.48 Å². The lowest BCUT2D eigenvalue weighted by molar-refractivity contribution is 0.0126. The number of rotatable bonds is 5. The van der Waals surface area contributed by atoms with Gasteiger partial charge < -0.3 is 19.1 Å². The first-order valence-electron chi connectivity index (χ1n) is 10.1. The first kappa shape index (κ1) is 21.7. The maximum absolute atomic E-state index is 12.4. The van der Waals surface area contributed by atoms with Gasteiger partial charge in [-0.15, -0.1) is 0 Å². The predicted octanol–water partition coefficient (Wildman–Crippen LogP) is 3.08. The third kappa shape index (κ3) is 5.98. The lowest BCUT2D eigenvalue weighted by Crippen LogP contribution is -2.44. The molecule has 1 fully saturated rings. The van der Waals surface area contributed by atoms with Gasteiger partial charge in [0.05, 0.1) is 19.9 Å². The lowest BCUT2D eigenvalue weighted by atomic mass is 10.1. The fraction of sp³-hybridized carbons (Fsp3) is 0.500. The standard InChI is InChI=1S/C22H29N3O5/c1-22(2,3)30-21(27)24-11-9-18(10-12-24)29-19-13-20(26)25(23-14-19)15-16-5-7-17(28-4)8-6-16/h5-8,13-14,18H,9-12,15H2,1-4H3. The Kier molecular flexibility index (Phi) is 6.64. The number of nitrogens with zero attached hydrogens (tertiary/aromatic N) is 3. The van der Waals surface area contributed by atoms with Crippen molar-refractivity contribution in [3.05, 3.63) is 52.4 Å². The highest BCUT2D eigenvalue weighted by Gasteiger charge is 2.27. The van der Waals surface area contributed by atoms with Crippen LogP contribution in [0, 0.1) is 0 Å². The topological polar surface area (TPSA) is 82.9 Å². The molecule has 3 rings (SSSR count). The first-order valence-corrected chi connectivity index (χ1v) is 10.1. The van der Waals surface area contributed by atoms with Gasteiger partial charge in [0.15, 0.2) is 0 Å². The molecule has 1 aromatic heterocycles. The predicted molar refractivity (Wildman–Crippen MR) is 112 cm³/mol. The van der Waals surface area contributed by atoms with Crippen molar-refractivity contribution in [1.29, 1.82) is 0 Å². The summed E-state index contributed by atoms with van der Waals surface area (Å²) in [6.45, 7) is 7.04. The van der Waals surface area contributed by atoms with Crippen molar-refractivity contribution in [1.82, 2.24) is 14.7 Å². The Morgan fingerprint density at radius 3 is 2.37 bits per heavy atom. The molecule has 1 aromatic carbocycles. The second-order valence-electron chi connectivity index (χ2n) is 8.32. The SMILES string of the molecule is COc1ccc(Cn2ncc(OC3CCN(C(=O)OC(C)(C)C)CC3)cc2=O)cc1. The number of benzene rings is 1. The molecule has 0 N–H and O–H groups in total. The van der Waals surface area contributed by atoms with Crippen LogP contribution >= 0.6 is 0 Å². The number of hydrogen-bond acceptors (Lipinski definition) is 6. The second-order valence-corrected chi connectivity index (χ2v) is 8.32. The van der Waals surface area contributed by atoms with Crippen LogP contribution in [0.3, 0.4) is 0 Å². The average molecular weight is 415 g/mol. The van der Waals surface area contributed by atoms with Gasteiger partial charge in [0, 0.05) is 32.0 Å². The number of methoxy groups -OCH3 is 1. The zero-order chi connectivity index (χ0) is 21.7. The molecule has 1 aliphatic rings. The number of piperidine rings is 1. The maximum atomic E-state index is 12.4. The first-order chi connectivity index (χ1) is 14.2. The molecule has 0 aliphatic carbocycles. The number of ether oxygens (including phenoxy) is 3. The van der Waals surface area contributed by atoms with Gasteiger partial charge in [-0.05, 0) is 38.5 Å². The van der Waals surface area contributed by atoms with Gasteiger partial charge in [0.1, 0.15) is 23.2 Å². The van der Waals surface area contributed by atoms with Crippen molar-refractivity contribution >= 4 is 6.09 Å². The molecule has 0 bridgehead atoms. The molecular weight excluding hydrogens is 386 g/mol. The number of carbonyl (C=O) groups excluding carboxylic acids is 1. The monoisotopic (exact) mass is 415 g/mol. The third-order valence-electron chi connectivity index (χ3n) is 4.73. The normalized spacial score (nSPS) is 15.0. The van der Waals surface area contributed by atoms with Gasteiger partial charge in [-0.1, -0.05) is 12.1 Å². The van der Waals surface area contributed by atoms with E-state index in [2.05, 4.69) is 5.10 Å². The number of likely N-dealkylation sites (tertiary alicyclic amines) is 1. The van der Waals surface area contributed by atoms with E-state index in [1.54, 1.807) is 18.2 Å². The van der Waals surface area contributed by atoms with E-state index in [0.717, 1.165) is 11.3 Å². The molecule has 0 atom stereocenters. The quantitative estimate of drug-likeness (QED) is 0.746. The number of hydrogen-bond donors (Lipinski definition) is 0. The summed E-state index contributed by atoms with van der Waals surface area (Å²) in [5, 5.41) is 4.23. The molecule has 30 heavy (non-hydrogen) atoms. The minimum Gasteiger partial charge on any atom is -0.497 e. The van der Waals surface area contributed by atoms with E-state index in [9.17, 15) is 9.59 Å². The molecule has 0 saturated carbocycles. The number of carbonyl (C=O) groups is 1. The fourth-order valence-corrected chi connectivity index (χ4v) is 3.18. The summed E-state index contributed by atoms with van der Waals surface area (Å²) in [5.41, 5.74) is 0.217. The summed E-state index contributed by atoms with van der Waals surface area (Å²) in [5.74, 6) is 1.21. The Labute approximate surface area is 176 Å². The van der Waals surface area contributed by atoms with Crippen molar-refractivity contribution in [3.63, 3.8) is 0 Å². The van der Waals surface area contributed by atoms with E-state index in [1.807, 2.05) is 45.0 Å². The molecule has 1 saturated heterocycles. The number of amides is 1. The van der Waals surface area contributed by atoms with E-state index in [4.69, 9.17) is 14.2 Å². The lowest BCUT2D eigenvalue weighted by Gasteiger charge is -2.33. The molecule has 2 heterocycles. The van der Waals surface area contributed by atoms with Crippen LogP contribution in [0.1, 0.15) is 39.2 Å². The van der Waals surface area contributed by atoms with Crippen LogP contribution < -0.4 is 15.0 Å². The molecule has 0 spiro atoms. The van der Waals surface area contributed by atoms with E-state index in [1.165, 1.54) is 10.7 Å². The van der Waals surface area contributed by atoms with E-state index in [0.29, 0.717) is 38.2 Å². The third-order valence-corrected chi connectivity index (χ3v) is 4.73. The Bertz CT molecular complexity index is 910. The molecule has 0 unspecified atom stereocenters. The summed E-state index contributed by atoms with van der Waals surface area (Å²) in [4.78, 5) is 26.2. The highest BCUT2D eigenvalue weighted by Crippen LogP contribution is 2.19. The fourth-order valence-electron chi connectivity index (χ4n) is 3.18. The Hall–Kier alpha value is -3.03. The largest absolute Gasteiger partial charge is 0.497 e. The van der Waals surface area contributed by atoms with Crippen LogP contribution in [0.4, 0.5) is 4.79 Å². The van der Waals surface area contributed by atoms with Crippen molar-refractivity contribution in [2.45, 2.75) is 51.9 Å². The second kappa shape index (κ2) is 9.19. The summed E-state index contributed by atoms with van der Waals surface area (Å²) in [6.07, 6.45) is 2.54. The van der Waals surface area contributed by atoms with Gasteiger partial charge in [0.25, 0.3) is 5.56 Å². The molecule has 2 aromatic rings. The maximum Gasteiger partial charge on any atom is 0.410 e. The number of aromatic nitrogens is 2. The molecule has 8 nitrogen and oxygen atoms in total. The molecule has 0 radical (unpaired) electrons.